The van der Waals surface area contributed by atoms with Crippen molar-refractivity contribution in [2.75, 3.05) is 25.5 Å². The van der Waals surface area contributed by atoms with E-state index in [1.165, 1.54) is 18.2 Å². The molecule has 2 amide bonds. The van der Waals surface area contributed by atoms with Gasteiger partial charge < -0.3 is 15.3 Å². The van der Waals surface area contributed by atoms with Gasteiger partial charge in [0.1, 0.15) is 11.6 Å². The first-order valence-electron chi connectivity index (χ1n) is 10.2. The van der Waals surface area contributed by atoms with Gasteiger partial charge in [-0.25, -0.2) is 4.39 Å². The summed E-state index contributed by atoms with van der Waals surface area (Å²) in [6, 6.07) is 12.6. The van der Waals surface area contributed by atoms with Crippen molar-refractivity contribution in [2.45, 2.75) is 32.4 Å². The SMILES string of the molecule is CC(C(=O)N(C)Cc1cccc(F)c1)N1CCC(C(=O)Nc2ccccc2O)CC1. The number of halogens is 1. The average molecular weight is 413 g/mol. The number of phenols is 1. The van der Waals surface area contributed by atoms with Crippen LogP contribution in [0.25, 0.3) is 0 Å². The van der Waals surface area contributed by atoms with Crippen LogP contribution in [0.4, 0.5) is 10.1 Å². The van der Waals surface area contributed by atoms with Crippen LogP contribution in [0, 0.1) is 11.7 Å². The molecule has 30 heavy (non-hydrogen) atoms. The van der Waals surface area contributed by atoms with Gasteiger partial charge in [0.05, 0.1) is 11.7 Å². The molecule has 0 aromatic heterocycles. The summed E-state index contributed by atoms with van der Waals surface area (Å²) in [6.07, 6.45) is 1.29. The molecule has 160 valence electrons. The third kappa shape index (κ3) is 5.36. The van der Waals surface area contributed by atoms with Crippen LogP contribution in [0.5, 0.6) is 5.75 Å². The Labute approximate surface area is 176 Å². The minimum atomic E-state index is -0.314. The Balaban J connectivity index is 1.50. The number of amides is 2. The fraction of sp³-hybridized carbons (Fsp3) is 0.391. The van der Waals surface area contributed by atoms with E-state index in [1.807, 2.05) is 6.92 Å². The quantitative estimate of drug-likeness (QED) is 0.714. The van der Waals surface area contributed by atoms with Gasteiger partial charge in [-0.05, 0) is 62.7 Å². The van der Waals surface area contributed by atoms with Gasteiger partial charge >= 0.3 is 0 Å². The van der Waals surface area contributed by atoms with Crippen molar-refractivity contribution >= 4 is 17.5 Å². The molecule has 1 unspecified atom stereocenters. The molecular formula is C23H28FN3O3. The standard InChI is InChI=1S/C23H28FN3O3/c1-16(23(30)26(2)15-17-6-5-7-19(24)14-17)27-12-10-18(11-13-27)22(29)25-20-8-3-4-9-21(20)28/h3-9,14,16,18,28H,10-13,15H2,1-2H3,(H,25,29). The molecule has 7 heteroatoms. The predicted molar refractivity (Wildman–Crippen MR) is 113 cm³/mol. The number of likely N-dealkylation sites (N-methyl/N-ethyl adjacent to an activating group) is 1. The van der Waals surface area contributed by atoms with E-state index in [2.05, 4.69) is 10.2 Å². The summed E-state index contributed by atoms with van der Waals surface area (Å²) in [4.78, 5) is 29.0. The van der Waals surface area contributed by atoms with E-state index in [0.29, 0.717) is 38.2 Å². The van der Waals surface area contributed by atoms with E-state index in [-0.39, 0.29) is 35.3 Å². The maximum absolute atomic E-state index is 13.4. The zero-order chi connectivity index (χ0) is 21.7. The predicted octanol–water partition coefficient (Wildman–Crippen LogP) is 3.23. The minimum Gasteiger partial charge on any atom is -0.506 e. The van der Waals surface area contributed by atoms with Crippen LogP contribution in [0.15, 0.2) is 48.5 Å². The van der Waals surface area contributed by atoms with E-state index in [9.17, 15) is 19.1 Å². The summed E-state index contributed by atoms with van der Waals surface area (Å²) < 4.78 is 13.4. The van der Waals surface area contributed by atoms with Crippen molar-refractivity contribution in [3.63, 3.8) is 0 Å². The lowest BCUT2D eigenvalue weighted by Crippen LogP contribution is -2.49. The number of piperidine rings is 1. The normalized spacial score (nSPS) is 16.1. The monoisotopic (exact) mass is 413 g/mol. The molecular weight excluding hydrogens is 385 g/mol. The number of phenolic OH excluding ortho intramolecular Hbond substituents is 1. The number of hydrogen-bond donors (Lipinski definition) is 2. The zero-order valence-electron chi connectivity index (χ0n) is 17.3. The maximum atomic E-state index is 13.4. The molecule has 1 aliphatic rings. The van der Waals surface area contributed by atoms with Crippen molar-refractivity contribution < 1.29 is 19.1 Å². The van der Waals surface area contributed by atoms with Crippen LogP contribution in [0.1, 0.15) is 25.3 Å². The van der Waals surface area contributed by atoms with E-state index < -0.39 is 0 Å². The second-order valence-corrected chi connectivity index (χ2v) is 7.82. The van der Waals surface area contributed by atoms with Crippen molar-refractivity contribution in [3.05, 3.63) is 59.9 Å². The van der Waals surface area contributed by atoms with Gasteiger partial charge in [0.15, 0.2) is 0 Å². The van der Waals surface area contributed by atoms with Crippen molar-refractivity contribution in [1.82, 2.24) is 9.80 Å². The molecule has 1 aliphatic heterocycles. The van der Waals surface area contributed by atoms with E-state index in [4.69, 9.17) is 0 Å². The van der Waals surface area contributed by atoms with Crippen LogP contribution < -0.4 is 5.32 Å². The number of hydrogen-bond acceptors (Lipinski definition) is 4. The number of rotatable bonds is 6. The number of nitrogens with one attached hydrogen (secondary N) is 1. The van der Waals surface area contributed by atoms with Crippen LogP contribution in [-0.2, 0) is 16.1 Å². The fourth-order valence-corrected chi connectivity index (χ4v) is 3.83. The van der Waals surface area contributed by atoms with Crippen LogP contribution in [0.2, 0.25) is 0 Å². The highest BCUT2D eigenvalue weighted by atomic mass is 19.1. The number of likely N-dealkylation sites (tertiary alicyclic amines) is 1. The minimum absolute atomic E-state index is 0.0311. The van der Waals surface area contributed by atoms with Gasteiger partial charge in [0.25, 0.3) is 0 Å². The number of aromatic hydroxyl groups is 1. The number of benzene rings is 2. The second kappa shape index (κ2) is 9.71. The van der Waals surface area contributed by atoms with Crippen molar-refractivity contribution in [2.24, 2.45) is 5.92 Å². The van der Waals surface area contributed by atoms with E-state index in [1.54, 1.807) is 42.3 Å². The Morgan fingerprint density at radius 2 is 1.90 bits per heavy atom. The Morgan fingerprint density at radius 3 is 2.57 bits per heavy atom. The van der Waals surface area contributed by atoms with Gasteiger partial charge in [0, 0.05) is 19.5 Å². The van der Waals surface area contributed by atoms with E-state index >= 15 is 0 Å². The van der Waals surface area contributed by atoms with Gasteiger partial charge in [0.2, 0.25) is 11.8 Å². The number of carbonyl (C=O) groups excluding carboxylic acids is 2. The topological polar surface area (TPSA) is 72.9 Å². The summed E-state index contributed by atoms with van der Waals surface area (Å²) in [5.41, 5.74) is 1.16. The molecule has 0 aliphatic carbocycles. The molecule has 1 saturated heterocycles. The molecule has 6 nitrogen and oxygen atoms in total. The molecule has 1 heterocycles. The molecule has 0 radical (unpaired) electrons. The summed E-state index contributed by atoms with van der Waals surface area (Å²) in [5.74, 6) is -0.572. The van der Waals surface area contributed by atoms with Crippen LogP contribution in [0.3, 0.4) is 0 Å². The lowest BCUT2D eigenvalue weighted by molar-refractivity contribution is -0.136. The number of para-hydroxylation sites is 2. The summed E-state index contributed by atoms with van der Waals surface area (Å²) in [6.45, 7) is 3.49. The maximum Gasteiger partial charge on any atom is 0.239 e. The summed E-state index contributed by atoms with van der Waals surface area (Å²) >= 11 is 0. The molecule has 3 rings (SSSR count). The van der Waals surface area contributed by atoms with Crippen LogP contribution >= 0.6 is 0 Å². The molecule has 2 aromatic carbocycles. The third-order valence-electron chi connectivity index (χ3n) is 5.65. The highest BCUT2D eigenvalue weighted by Crippen LogP contribution is 2.25. The fourth-order valence-electron chi connectivity index (χ4n) is 3.83. The molecule has 1 fully saturated rings. The Kier molecular flexibility index (Phi) is 7.05. The largest absolute Gasteiger partial charge is 0.506 e. The van der Waals surface area contributed by atoms with Crippen molar-refractivity contribution in [3.8, 4) is 5.75 Å². The smallest absolute Gasteiger partial charge is 0.239 e. The first kappa shape index (κ1) is 21.8. The average Bonchev–Trinajstić information content (AvgIpc) is 2.74. The number of anilines is 1. The molecule has 2 aromatic rings. The first-order valence-corrected chi connectivity index (χ1v) is 10.2. The highest BCUT2D eigenvalue weighted by molar-refractivity contribution is 5.94. The second-order valence-electron chi connectivity index (χ2n) is 7.82. The lowest BCUT2D eigenvalue weighted by atomic mass is 9.94. The lowest BCUT2D eigenvalue weighted by Gasteiger charge is -2.36. The number of nitrogens with zero attached hydrogens (tertiary/aromatic N) is 2. The van der Waals surface area contributed by atoms with Crippen molar-refractivity contribution in [1.29, 1.82) is 0 Å². The molecule has 1 atom stereocenters. The van der Waals surface area contributed by atoms with Gasteiger partial charge in [-0.2, -0.15) is 0 Å². The van der Waals surface area contributed by atoms with E-state index in [0.717, 1.165) is 5.56 Å². The molecule has 0 bridgehead atoms. The van der Waals surface area contributed by atoms with Gasteiger partial charge in [-0.3, -0.25) is 14.5 Å². The van der Waals surface area contributed by atoms with Gasteiger partial charge in [-0.15, -0.1) is 0 Å². The van der Waals surface area contributed by atoms with Gasteiger partial charge in [-0.1, -0.05) is 24.3 Å². The zero-order valence-corrected chi connectivity index (χ0v) is 17.3. The van der Waals surface area contributed by atoms with Crippen LogP contribution in [-0.4, -0.2) is 52.9 Å². The summed E-state index contributed by atoms with van der Waals surface area (Å²) in [5, 5.41) is 12.6. The third-order valence-corrected chi connectivity index (χ3v) is 5.65. The first-order chi connectivity index (χ1) is 14.3. The Bertz CT molecular complexity index is 897. The molecule has 0 spiro atoms. The number of carbonyl (C=O) groups is 2. The molecule has 2 N–H and O–H groups in total. The summed E-state index contributed by atoms with van der Waals surface area (Å²) in [7, 11) is 1.72. The molecule has 0 saturated carbocycles. The Hall–Kier alpha value is -2.93. The highest BCUT2D eigenvalue weighted by Gasteiger charge is 2.31. The Morgan fingerprint density at radius 1 is 1.20 bits per heavy atom.